The van der Waals surface area contributed by atoms with Crippen molar-refractivity contribution in [3.63, 3.8) is 0 Å². The molecule has 0 atom stereocenters. The first-order valence-corrected chi connectivity index (χ1v) is 6.87. The van der Waals surface area contributed by atoms with Crippen molar-refractivity contribution >= 4 is 17.6 Å². The second kappa shape index (κ2) is 9.77. The second-order valence-electron chi connectivity index (χ2n) is 4.60. The Hall–Kier alpha value is -2.08. The number of amides is 1. The van der Waals surface area contributed by atoms with Gasteiger partial charge in [-0.25, -0.2) is 0 Å². The van der Waals surface area contributed by atoms with Gasteiger partial charge in [-0.15, -0.1) is 0 Å². The summed E-state index contributed by atoms with van der Waals surface area (Å²) in [6.07, 6.45) is 1.53. The van der Waals surface area contributed by atoms with E-state index in [9.17, 15) is 9.59 Å². The van der Waals surface area contributed by atoms with E-state index >= 15 is 0 Å². The molecule has 21 heavy (non-hydrogen) atoms. The van der Waals surface area contributed by atoms with Crippen molar-refractivity contribution in [2.75, 3.05) is 32.6 Å². The fraction of sp³-hybridized carbons (Fsp3) is 0.467. The number of nitrogens with two attached hydrogens (primary N) is 1. The lowest BCUT2D eigenvalue weighted by atomic mass is 10.1. The van der Waals surface area contributed by atoms with E-state index in [0.717, 1.165) is 12.0 Å². The number of anilines is 1. The summed E-state index contributed by atoms with van der Waals surface area (Å²) in [7, 11) is 1.60. The number of carbonyl (C=O) groups is 2. The number of methoxy groups -OCH3 is 1. The fourth-order valence-corrected chi connectivity index (χ4v) is 1.64. The maximum Gasteiger partial charge on any atom is 0.306 e. The monoisotopic (exact) mass is 294 g/mol. The number of rotatable bonds is 9. The molecule has 0 saturated heterocycles. The van der Waals surface area contributed by atoms with E-state index in [1.165, 1.54) is 0 Å². The smallest absolute Gasteiger partial charge is 0.306 e. The molecule has 0 aliphatic rings. The highest BCUT2D eigenvalue weighted by molar-refractivity contribution is 5.80. The molecule has 0 spiro atoms. The van der Waals surface area contributed by atoms with Crippen LogP contribution in [0.15, 0.2) is 24.3 Å². The van der Waals surface area contributed by atoms with Crippen LogP contribution < -0.4 is 11.1 Å². The minimum absolute atomic E-state index is 0.237. The Morgan fingerprint density at radius 3 is 2.62 bits per heavy atom. The number of carbonyl (C=O) groups excluding carboxylic acids is 2. The Morgan fingerprint density at radius 1 is 1.24 bits per heavy atom. The van der Waals surface area contributed by atoms with Gasteiger partial charge in [-0.2, -0.15) is 0 Å². The minimum Gasteiger partial charge on any atom is -0.456 e. The summed E-state index contributed by atoms with van der Waals surface area (Å²) in [6, 6.07) is 7.30. The van der Waals surface area contributed by atoms with Crippen LogP contribution in [-0.4, -0.2) is 38.7 Å². The van der Waals surface area contributed by atoms with Gasteiger partial charge in [0.15, 0.2) is 6.61 Å². The number of aryl methyl sites for hydroxylation is 1. The zero-order chi connectivity index (χ0) is 15.5. The number of nitrogen functional groups attached to an aromatic ring is 1. The lowest BCUT2D eigenvalue weighted by Gasteiger charge is -2.06. The van der Waals surface area contributed by atoms with E-state index in [4.69, 9.17) is 15.2 Å². The Kier molecular flexibility index (Phi) is 7.89. The van der Waals surface area contributed by atoms with Gasteiger partial charge in [0.2, 0.25) is 0 Å². The molecule has 0 fully saturated rings. The normalized spacial score (nSPS) is 10.1. The third-order valence-corrected chi connectivity index (χ3v) is 2.81. The third kappa shape index (κ3) is 7.94. The number of ether oxygens (including phenoxy) is 2. The number of hydrogen-bond donors (Lipinski definition) is 2. The van der Waals surface area contributed by atoms with Crippen molar-refractivity contribution in [1.82, 2.24) is 5.32 Å². The van der Waals surface area contributed by atoms with E-state index in [0.29, 0.717) is 25.3 Å². The molecule has 0 aromatic heterocycles. The van der Waals surface area contributed by atoms with Crippen molar-refractivity contribution in [2.45, 2.75) is 19.3 Å². The molecule has 6 nitrogen and oxygen atoms in total. The molecular weight excluding hydrogens is 272 g/mol. The van der Waals surface area contributed by atoms with Crippen LogP contribution in [0.25, 0.3) is 0 Å². The van der Waals surface area contributed by atoms with Gasteiger partial charge >= 0.3 is 5.97 Å². The highest BCUT2D eigenvalue weighted by atomic mass is 16.5. The van der Waals surface area contributed by atoms with Crippen LogP contribution in [0, 0.1) is 0 Å². The quantitative estimate of drug-likeness (QED) is 0.401. The summed E-state index contributed by atoms with van der Waals surface area (Å²) >= 11 is 0. The first kappa shape index (κ1) is 17.0. The summed E-state index contributed by atoms with van der Waals surface area (Å²) in [5, 5.41) is 2.64. The van der Waals surface area contributed by atoms with E-state index in [1.54, 1.807) is 19.2 Å². The highest BCUT2D eigenvalue weighted by Crippen LogP contribution is 2.08. The van der Waals surface area contributed by atoms with Crippen molar-refractivity contribution in [3.05, 3.63) is 29.8 Å². The van der Waals surface area contributed by atoms with E-state index < -0.39 is 0 Å². The maximum atomic E-state index is 11.5. The average molecular weight is 294 g/mol. The largest absolute Gasteiger partial charge is 0.456 e. The van der Waals surface area contributed by atoms with Gasteiger partial charge in [-0.3, -0.25) is 9.59 Å². The first-order valence-electron chi connectivity index (χ1n) is 6.87. The summed E-state index contributed by atoms with van der Waals surface area (Å²) in [5.74, 6) is -0.689. The lowest BCUT2D eigenvalue weighted by molar-refractivity contribution is -0.148. The predicted molar refractivity (Wildman–Crippen MR) is 79.6 cm³/mol. The zero-order valence-electron chi connectivity index (χ0n) is 12.3. The van der Waals surface area contributed by atoms with Crippen LogP contribution in [0.4, 0.5) is 5.69 Å². The molecule has 1 amide bonds. The van der Waals surface area contributed by atoms with Gasteiger partial charge < -0.3 is 20.5 Å². The van der Waals surface area contributed by atoms with Crippen LogP contribution in [0.5, 0.6) is 0 Å². The molecule has 0 aliphatic heterocycles. The molecule has 1 aromatic rings. The second-order valence-corrected chi connectivity index (χ2v) is 4.60. The van der Waals surface area contributed by atoms with Gasteiger partial charge in [0.1, 0.15) is 0 Å². The first-order chi connectivity index (χ1) is 10.1. The van der Waals surface area contributed by atoms with Gasteiger partial charge in [-0.1, -0.05) is 12.1 Å². The van der Waals surface area contributed by atoms with Gasteiger partial charge in [-0.05, 0) is 30.5 Å². The lowest BCUT2D eigenvalue weighted by Crippen LogP contribution is -2.30. The fourth-order valence-electron chi connectivity index (χ4n) is 1.64. The van der Waals surface area contributed by atoms with E-state index in [-0.39, 0.29) is 24.9 Å². The molecule has 116 valence electrons. The van der Waals surface area contributed by atoms with Crippen molar-refractivity contribution in [1.29, 1.82) is 0 Å². The number of nitrogens with one attached hydrogen (secondary N) is 1. The molecule has 0 aliphatic carbocycles. The topological polar surface area (TPSA) is 90.6 Å². The molecule has 6 heteroatoms. The average Bonchev–Trinajstić information content (AvgIpc) is 2.49. The van der Waals surface area contributed by atoms with Crippen LogP contribution in [0.2, 0.25) is 0 Å². The molecule has 1 aromatic carbocycles. The Labute approximate surface area is 124 Å². The Morgan fingerprint density at radius 2 is 1.95 bits per heavy atom. The third-order valence-electron chi connectivity index (χ3n) is 2.81. The molecular formula is C15H22N2O4. The van der Waals surface area contributed by atoms with E-state index in [2.05, 4.69) is 5.32 Å². The molecule has 3 N–H and O–H groups in total. The maximum absolute atomic E-state index is 11.5. The standard InChI is InChI=1S/C15H22N2O4/c1-20-10-2-9-17-14(18)11-21-15(19)8-5-12-3-6-13(16)7-4-12/h3-4,6-7H,2,5,8-11,16H2,1H3,(H,17,18). The van der Waals surface area contributed by atoms with Crippen LogP contribution in [0.1, 0.15) is 18.4 Å². The van der Waals surface area contributed by atoms with Gasteiger partial charge in [0.25, 0.3) is 5.91 Å². The minimum atomic E-state index is -0.390. The van der Waals surface area contributed by atoms with Crippen molar-refractivity contribution in [2.24, 2.45) is 0 Å². The van der Waals surface area contributed by atoms with Crippen LogP contribution >= 0.6 is 0 Å². The summed E-state index contributed by atoms with van der Waals surface area (Å²) in [6.45, 7) is 0.852. The Balaban J connectivity index is 2.13. The van der Waals surface area contributed by atoms with Crippen molar-refractivity contribution in [3.8, 4) is 0 Å². The number of benzene rings is 1. The molecule has 0 saturated carbocycles. The SMILES string of the molecule is COCCCNC(=O)COC(=O)CCc1ccc(N)cc1. The molecule has 0 radical (unpaired) electrons. The summed E-state index contributed by atoms with van der Waals surface area (Å²) < 4.78 is 9.76. The molecule has 0 heterocycles. The van der Waals surface area contributed by atoms with Crippen LogP contribution in [-0.2, 0) is 25.5 Å². The zero-order valence-corrected chi connectivity index (χ0v) is 12.3. The van der Waals surface area contributed by atoms with Gasteiger partial charge in [0, 0.05) is 32.4 Å². The molecule has 0 unspecified atom stereocenters. The number of esters is 1. The van der Waals surface area contributed by atoms with Crippen LogP contribution in [0.3, 0.4) is 0 Å². The number of hydrogen-bond acceptors (Lipinski definition) is 5. The Bertz CT molecular complexity index is 445. The molecule has 1 rings (SSSR count). The van der Waals surface area contributed by atoms with Gasteiger partial charge in [0.05, 0.1) is 0 Å². The van der Waals surface area contributed by atoms with Crippen molar-refractivity contribution < 1.29 is 19.1 Å². The summed E-state index contributed by atoms with van der Waals surface area (Å²) in [4.78, 5) is 22.9. The molecule has 0 bridgehead atoms. The summed E-state index contributed by atoms with van der Waals surface area (Å²) in [5.41, 5.74) is 7.27. The van der Waals surface area contributed by atoms with E-state index in [1.807, 2.05) is 12.1 Å². The predicted octanol–water partition coefficient (Wildman–Crippen LogP) is 0.897. The highest BCUT2D eigenvalue weighted by Gasteiger charge is 2.07.